The molecule has 5 nitrogen and oxygen atoms in total. The molecule has 1 atom stereocenters. The third-order valence-electron chi connectivity index (χ3n) is 3.23. The van der Waals surface area contributed by atoms with Crippen molar-refractivity contribution in [1.82, 2.24) is 15.2 Å². The van der Waals surface area contributed by atoms with Gasteiger partial charge in [0, 0.05) is 30.1 Å². The highest BCUT2D eigenvalue weighted by atomic mass is 32.1. The quantitative estimate of drug-likeness (QED) is 0.905. The van der Waals surface area contributed by atoms with Gasteiger partial charge in [0.05, 0.1) is 12.5 Å². The number of aryl methyl sites for hydroxylation is 1. The lowest BCUT2D eigenvalue weighted by molar-refractivity contribution is -0.129. The van der Waals surface area contributed by atoms with Crippen molar-refractivity contribution in [2.24, 2.45) is 5.92 Å². The number of likely N-dealkylation sites (tertiary alicyclic amines) is 1. The fourth-order valence-electron chi connectivity index (χ4n) is 2.20. The van der Waals surface area contributed by atoms with Crippen LogP contribution in [0.4, 0.5) is 0 Å². The zero-order valence-electron chi connectivity index (χ0n) is 11.5. The first-order valence-electron chi connectivity index (χ1n) is 6.45. The van der Waals surface area contributed by atoms with E-state index in [4.69, 9.17) is 0 Å². The third kappa shape index (κ3) is 3.32. The van der Waals surface area contributed by atoms with Crippen molar-refractivity contribution >= 4 is 23.2 Å². The molecule has 1 aliphatic rings. The molecule has 1 aliphatic heterocycles. The predicted molar refractivity (Wildman–Crippen MR) is 73.7 cm³/mol. The lowest BCUT2D eigenvalue weighted by atomic mass is 10.1. The topological polar surface area (TPSA) is 62.3 Å². The number of rotatable bonds is 4. The van der Waals surface area contributed by atoms with Gasteiger partial charge >= 0.3 is 0 Å². The number of aromatic nitrogens is 1. The molecule has 1 aromatic rings. The summed E-state index contributed by atoms with van der Waals surface area (Å²) >= 11 is 1.54. The van der Waals surface area contributed by atoms with Gasteiger partial charge in [-0.1, -0.05) is 0 Å². The maximum Gasteiger partial charge on any atom is 0.225 e. The minimum absolute atomic E-state index is 0.0515. The van der Waals surface area contributed by atoms with Crippen molar-refractivity contribution in [3.8, 4) is 0 Å². The molecule has 1 aromatic heterocycles. The lowest BCUT2D eigenvalue weighted by Gasteiger charge is -2.20. The Morgan fingerprint density at radius 3 is 2.89 bits per heavy atom. The molecule has 0 bridgehead atoms. The van der Waals surface area contributed by atoms with Crippen molar-refractivity contribution in [3.05, 3.63) is 16.1 Å². The Labute approximate surface area is 117 Å². The summed E-state index contributed by atoms with van der Waals surface area (Å²) in [7, 11) is 0. The highest BCUT2D eigenvalue weighted by molar-refractivity contribution is 7.09. The Bertz CT molecular complexity index is 484. The van der Waals surface area contributed by atoms with Crippen LogP contribution in [-0.4, -0.2) is 34.3 Å². The molecule has 0 saturated carbocycles. The summed E-state index contributed by atoms with van der Waals surface area (Å²) in [5, 5.41) is 5.72. The van der Waals surface area contributed by atoms with Gasteiger partial charge in [0.15, 0.2) is 0 Å². The van der Waals surface area contributed by atoms with Crippen molar-refractivity contribution in [2.75, 3.05) is 6.54 Å². The highest BCUT2D eigenvalue weighted by Gasteiger charge is 2.35. The standard InChI is InChI=1S/C13H19N3O2S/c1-8(2)16-6-10(4-12(16)17)13(18)14-5-11-15-9(3)7-19-11/h7-8,10H,4-6H2,1-3H3,(H,14,18)/t10-/m1/s1. The van der Waals surface area contributed by atoms with Crippen molar-refractivity contribution < 1.29 is 9.59 Å². The number of hydrogen-bond donors (Lipinski definition) is 1. The van der Waals surface area contributed by atoms with Crippen LogP contribution in [0, 0.1) is 12.8 Å². The monoisotopic (exact) mass is 281 g/mol. The molecule has 0 aromatic carbocycles. The second kappa shape index (κ2) is 5.69. The smallest absolute Gasteiger partial charge is 0.225 e. The van der Waals surface area contributed by atoms with Gasteiger partial charge in [-0.05, 0) is 20.8 Å². The average Bonchev–Trinajstić information content (AvgIpc) is 2.92. The molecule has 6 heteroatoms. The van der Waals surface area contributed by atoms with E-state index < -0.39 is 0 Å². The fourth-order valence-corrected chi connectivity index (χ4v) is 2.91. The fraction of sp³-hybridized carbons (Fsp3) is 0.615. The third-order valence-corrected chi connectivity index (χ3v) is 4.20. The minimum atomic E-state index is -0.226. The van der Waals surface area contributed by atoms with Gasteiger partial charge in [0.2, 0.25) is 11.8 Å². The van der Waals surface area contributed by atoms with E-state index in [1.807, 2.05) is 26.2 Å². The first kappa shape index (κ1) is 14.0. The Balaban J connectivity index is 1.86. The summed E-state index contributed by atoms with van der Waals surface area (Å²) in [5.74, 6) is -0.208. The summed E-state index contributed by atoms with van der Waals surface area (Å²) < 4.78 is 0. The molecule has 0 unspecified atom stereocenters. The first-order chi connectivity index (χ1) is 8.97. The van der Waals surface area contributed by atoms with Crippen LogP contribution in [0.15, 0.2) is 5.38 Å². The number of carbonyl (C=O) groups excluding carboxylic acids is 2. The zero-order valence-corrected chi connectivity index (χ0v) is 12.3. The summed E-state index contributed by atoms with van der Waals surface area (Å²) in [4.78, 5) is 29.8. The van der Waals surface area contributed by atoms with Crippen LogP contribution in [0.25, 0.3) is 0 Å². The van der Waals surface area contributed by atoms with E-state index >= 15 is 0 Å². The number of nitrogens with one attached hydrogen (secondary N) is 1. The van der Waals surface area contributed by atoms with E-state index in [-0.39, 0.29) is 23.8 Å². The zero-order chi connectivity index (χ0) is 14.0. The van der Waals surface area contributed by atoms with Crippen molar-refractivity contribution in [2.45, 2.75) is 39.8 Å². The molecule has 104 valence electrons. The molecule has 2 heterocycles. The predicted octanol–water partition coefficient (Wildman–Crippen LogP) is 1.32. The second-order valence-electron chi connectivity index (χ2n) is 5.14. The Hall–Kier alpha value is -1.43. The second-order valence-corrected chi connectivity index (χ2v) is 6.08. The van der Waals surface area contributed by atoms with Crippen LogP contribution in [-0.2, 0) is 16.1 Å². The van der Waals surface area contributed by atoms with Gasteiger partial charge in [-0.2, -0.15) is 0 Å². The molecule has 0 spiro atoms. The van der Waals surface area contributed by atoms with E-state index in [9.17, 15) is 9.59 Å². The Kier molecular flexibility index (Phi) is 4.19. The van der Waals surface area contributed by atoms with Crippen molar-refractivity contribution in [3.63, 3.8) is 0 Å². The van der Waals surface area contributed by atoms with Gasteiger partial charge in [-0.15, -0.1) is 11.3 Å². The summed E-state index contributed by atoms with van der Waals surface area (Å²) in [5.41, 5.74) is 0.969. The van der Waals surface area contributed by atoms with Crippen LogP contribution in [0.3, 0.4) is 0 Å². The molecule has 1 fully saturated rings. The highest BCUT2D eigenvalue weighted by Crippen LogP contribution is 2.20. The van der Waals surface area contributed by atoms with Gasteiger partial charge in [0.1, 0.15) is 5.01 Å². The van der Waals surface area contributed by atoms with Gasteiger partial charge < -0.3 is 10.2 Å². The van der Waals surface area contributed by atoms with Crippen LogP contribution in [0.1, 0.15) is 31.0 Å². The van der Waals surface area contributed by atoms with Crippen LogP contribution < -0.4 is 5.32 Å². The minimum Gasteiger partial charge on any atom is -0.349 e. The number of carbonyl (C=O) groups is 2. The molecular weight excluding hydrogens is 262 g/mol. The van der Waals surface area contributed by atoms with Crippen LogP contribution in [0.5, 0.6) is 0 Å². The van der Waals surface area contributed by atoms with Crippen LogP contribution >= 0.6 is 11.3 Å². The molecule has 1 N–H and O–H groups in total. The summed E-state index contributed by atoms with van der Waals surface area (Å²) in [6.45, 7) is 6.84. The molecule has 1 saturated heterocycles. The van der Waals surface area contributed by atoms with Crippen molar-refractivity contribution in [1.29, 1.82) is 0 Å². The van der Waals surface area contributed by atoms with Gasteiger partial charge in [-0.25, -0.2) is 4.98 Å². The number of hydrogen-bond acceptors (Lipinski definition) is 4. The molecule has 0 aliphatic carbocycles. The number of amides is 2. The molecule has 2 amide bonds. The Morgan fingerprint density at radius 1 is 1.63 bits per heavy atom. The van der Waals surface area contributed by atoms with E-state index in [0.717, 1.165) is 10.7 Å². The van der Waals surface area contributed by atoms with Gasteiger partial charge in [-0.3, -0.25) is 9.59 Å². The maximum absolute atomic E-state index is 12.0. The van der Waals surface area contributed by atoms with E-state index in [0.29, 0.717) is 19.5 Å². The summed E-state index contributed by atoms with van der Waals surface area (Å²) in [6, 6.07) is 0.159. The largest absolute Gasteiger partial charge is 0.349 e. The normalized spacial score (nSPS) is 19.3. The molecule has 0 radical (unpaired) electrons. The SMILES string of the molecule is Cc1csc(CNC(=O)[C@@H]2CC(=O)N(C(C)C)C2)n1. The molecule has 2 rings (SSSR count). The maximum atomic E-state index is 12.0. The van der Waals surface area contributed by atoms with E-state index in [2.05, 4.69) is 10.3 Å². The van der Waals surface area contributed by atoms with E-state index in [1.54, 1.807) is 4.90 Å². The average molecular weight is 281 g/mol. The Morgan fingerprint density at radius 2 is 2.37 bits per heavy atom. The number of nitrogens with zero attached hydrogens (tertiary/aromatic N) is 2. The first-order valence-corrected chi connectivity index (χ1v) is 7.33. The molecular formula is C13H19N3O2S. The van der Waals surface area contributed by atoms with E-state index in [1.165, 1.54) is 11.3 Å². The van der Waals surface area contributed by atoms with Crippen LogP contribution in [0.2, 0.25) is 0 Å². The lowest BCUT2D eigenvalue weighted by Crippen LogP contribution is -2.35. The molecule has 19 heavy (non-hydrogen) atoms. The summed E-state index contributed by atoms with van der Waals surface area (Å²) in [6.07, 6.45) is 0.320. The van der Waals surface area contributed by atoms with Gasteiger partial charge in [0.25, 0.3) is 0 Å². The number of thiazole rings is 1.